The van der Waals surface area contributed by atoms with E-state index >= 15 is 0 Å². The van der Waals surface area contributed by atoms with Crippen LogP contribution in [0.5, 0.6) is 11.5 Å². The highest BCUT2D eigenvalue weighted by Gasteiger charge is 2.34. The molecule has 0 saturated carbocycles. The van der Waals surface area contributed by atoms with Gasteiger partial charge in [-0.05, 0) is 68.3 Å². The summed E-state index contributed by atoms with van der Waals surface area (Å²) in [4.78, 5) is 92.3. The van der Waals surface area contributed by atoms with Crippen molar-refractivity contribution in [3.63, 3.8) is 0 Å². The number of amides is 4. The maximum Gasteiger partial charge on any atom is 0.363 e. The lowest BCUT2D eigenvalue weighted by Crippen LogP contribution is -2.49. The van der Waals surface area contributed by atoms with E-state index in [0.717, 1.165) is 17.9 Å². The monoisotopic (exact) mass is 766 g/mol. The Balaban J connectivity index is 1.69. The van der Waals surface area contributed by atoms with Crippen molar-refractivity contribution in [2.75, 3.05) is 20.4 Å². The molecule has 0 radical (unpaired) electrons. The summed E-state index contributed by atoms with van der Waals surface area (Å²) in [6.07, 6.45) is 2.56. The quantitative estimate of drug-likeness (QED) is 0.0397. The number of rotatable bonds is 23. The number of carboxylic acids is 2. The van der Waals surface area contributed by atoms with Gasteiger partial charge in [0.15, 0.2) is 5.76 Å². The molecule has 0 fully saturated rings. The molecule has 3 rings (SSSR count). The number of nitrogens with one attached hydrogen (secondary N) is 3. The number of furan rings is 1. The fourth-order valence-corrected chi connectivity index (χ4v) is 5.59. The Kier molecular flexibility index (Phi) is 16.7. The number of carbonyl (C=O) groups excluding carboxylic acids is 5. The number of ether oxygens (including phenoxy) is 2. The van der Waals surface area contributed by atoms with Crippen molar-refractivity contribution in [3.05, 3.63) is 71.5 Å². The normalized spacial score (nSPS) is 12.3. The van der Waals surface area contributed by atoms with E-state index in [4.69, 9.17) is 23.8 Å². The summed E-state index contributed by atoms with van der Waals surface area (Å²) in [5, 5.41) is 26.6. The van der Waals surface area contributed by atoms with Gasteiger partial charge in [0.1, 0.15) is 23.3 Å². The van der Waals surface area contributed by atoms with E-state index in [9.17, 15) is 38.7 Å². The van der Waals surface area contributed by atoms with Crippen LogP contribution in [0, 0.1) is 5.92 Å². The Labute approximate surface area is 317 Å². The third-order valence-electron chi connectivity index (χ3n) is 8.42. The fourth-order valence-electron chi connectivity index (χ4n) is 5.59. The molecule has 0 spiro atoms. The molecule has 1 heterocycles. The zero-order valence-corrected chi connectivity index (χ0v) is 31.0. The minimum atomic E-state index is -1.67. The lowest BCUT2D eigenvalue weighted by atomic mass is 9.90. The molecule has 3 atom stereocenters. The lowest BCUT2D eigenvalue weighted by Gasteiger charge is -2.31. The van der Waals surface area contributed by atoms with Crippen LogP contribution >= 0.6 is 0 Å². The zero-order chi connectivity index (χ0) is 40.5. The van der Waals surface area contributed by atoms with Gasteiger partial charge in [-0.1, -0.05) is 39.2 Å². The van der Waals surface area contributed by atoms with Crippen molar-refractivity contribution in [2.24, 2.45) is 5.92 Å². The molecular weight excluding hydrogens is 720 g/mol. The van der Waals surface area contributed by atoms with Gasteiger partial charge < -0.3 is 44.9 Å². The predicted octanol–water partition coefficient (Wildman–Crippen LogP) is 4.02. The summed E-state index contributed by atoms with van der Waals surface area (Å²) >= 11 is 0. The van der Waals surface area contributed by atoms with E-state index in [2.05, 4.69) is 16.0 Å². The summed E-state index contributed by atoms with van der Waals surface area (Å²) in [5.74, 6) is -5.79. The number of nitrogens with zero attached hydrogens (tertiary/aromatic N) is 1. The SMILES string of the molecule is CCCCCC(C(=O)NCNC(=O)c1ccc(-c2ccc(C(=O)NC(CC(=O)O)C(=O)O)c(OCC)c2)o1)C(CC)N(C=O)OC(=O)c1ccc(OC)cc1. The van der Waals surface area contributed by atoms with Gasteiger partial charge in [-0.25, -0.2) is 9.59 Å². The molecule has 0 saturated heterocycles. The Morgan fingerprint density at radius 2 is 1.64 bits per heavy atom. The highest BCUT2D eigenvalue weighted by molar-refractivity contribution is 6.00. The summed E-state index contributed by atoms with van der Waals surface area (Å²) in [6, 6.07) is 10.8. The van der Waals surface area contributed by atoms with Crippen LogP contribution in [0.3, 0.4) is 0 Å². The summed E-state index contributed by atoms with van der Waals surface area (Å²) in [5.41, 5.74) is 0.533. The first-order valence-corrected chi connectivity index (χ1v) is 17.7. The van der Waals surface area contributed by atoms with Gasteiger partial charge in [-0.15, -0.1) is 0 Å². The highest BCUT2D eigenvalue weighted by Crippen LogP contribution is 2.29. The molecule has 0 aliphatic heterocycles. The summed E-state index contributed by atoms with van der Waals surface area (Å²) < 4.78 is 16.4. The number of carbonyl (C=O) groups is 7. The summed E-state index contributed by atoms with van der Waals surface area (Å²) in [6.45, 7) is 5.28. The molecule has 296 valence electrons. The first-order chi connectivity index (χ1) is 26.4. The maximum atomic E-state index is 13.5. The number of hydrogen-bond donors (Lipinski definition) is 5. The smallest absolute Gasteiger partial charge is 0.363 e. The van der Waals surface area contributed by atoms with Crippen molar-refractivity contribution < 1.29 is 62.5 Å². The molecule has 3 aromatic rings. The van der Waals surface area contributed by atoms with Crippen LogP contribution in [-0.2, 0) is 24.0 Å². The fraction of sp³-hybridized carbons (Fsp3) is 0.395. The number of aliphatic carboxylic acids is 2. The van der Waals surface area contributed by atoms with Crippen molar-refractivity contribution in [2.45, 2.75) is 71.4 Å². The number of benzene rings is 2. The van der Waals surface area contributed by atoms with Crippen LogP contribution in [0.15, 0.2) is 59.0 Å². The largest absolute Gasteiger partial charge is 0.497 e. The minimum absolute atomic E-state index is 0.0486. The van der Waals surface area contributed by atoms with Crippen LogP contribution < -0.4 is 25.4 Å². The molecule has 0 aliphatic carbocycles. The number of hydrogen-bond acceptors (Lipinski definition) is 11. The van der Waals surface area contributed by atoms with E-state index in [0.29, 0.717) is 30.6 Å². The second-order valence-electron chi connectivity index (χ2n) is 12.1. The number of hydroxylamine groups is 2. The summed E-state index contributed by atoms with van der Waals surface area (Å²) in [7, 11) is 1.49. The third kappa shape index (κ3) is 12.3. The lowest BCUT2D eigenvalue weighted by molar-refractivity contribution is -0.171. The Morgan fingerprint density at radius 3 is 2.24 bits per heavy atom. The molecule has 4 amide bonds. The van der Waals surface area contributed by atoms with Crippen LogP contribution in [0.4, 0.5) is 0 Å². The molecule has 5 N–H and O–H groups in total. The van der Waals surface area contributed by atoms with Gasteiger partial charge in [0.2, 0.25) is 12.3 Å². The van der Waals surface area contributed by atoms with Crippen molar-refractivity contribution in [3.8, 4) is 22.8 Å². The molecule has 17 nitrogen and oxygen atoms in total. The molecule has 2 aromatic carbocycles. The van der Waals surface area contributed by atoms with Crippen molar-refractivity contribution >= 4 is 42.0 Å². The average Bonchev–Trinajstić information content (AvgIpc) is 3.67. The van der Waals surface area contributed by atoms with Gasteiger partial charge >= 0.3 is 17.9 Å². The number of carboxylic acid groups (broad SMARTS) is 2. The Morgan fingerprint density at radius 1 is 0.909 bits per heavy atom. The second-order valence-corrected chi connectivity index (χ2v) is 12.1. The van der Waals surface area contributed by atoms with Crippen LogP contribution in [0.1, 0.15) is 90.6 Å². The first-order valence-electron chi connectivity index (χ1n) is 17.7. The van der Waals surface area contributed by atoms with Crippen LogP contribution in [-0.4, -0.2) is 89.8 Å². The molecule has 3 unspecified atom stereocenters. The van der Waals surface area contributed by atoms with Crippen molar-refractivity contribution in [1.82, 2.24) is 21.0 Å². The van der Waals surface area contributed by atoms with Crippen molar-refractivity contribution in [1.29, 1.82) is 0 Å². The van der Waals surface area contributed by atoms with Gasteiger partial charge in [0, 0.05) is 5.56 Å². The van der Waals surface area contributed by atoms with E-state index < -0.39 is 60.1 Å². The first kappa shape index (κ1) is 43.0. The second kappa shape index (κ2) is 21.3. The number of unbranched alkanes of at least 4 members (excludes halogenated alkanes) is 2. The van der Waals surface area contributed by atoms with Gasteiger partial charge in [0.05, 0.1) is 49.9 Å². The Bertz CT molecular complexity index is 1810. The Hall–Kier alpha value is -6.39. The average molecular weight is 767 g/mol. The van der Waals surface area contributed by atoms with E-state index in [1.807, 2.05) is 6.92 Å². The highest BCUT2D eigenvalue weighted by atomic mass is 16.7. The van der Waals surface area contributed by atoms with Gasteiger partial charge in [0.25, 0.3) is 11.8 Å². The molecule has 1 aromatic heterocycles. The van der Waals surface area contributed by atoms with E-state index in [1.54, 1.807) is 26.0 Å². The molecule has 17 heteroatoms. The van der Waals surface area contributed by atoms with Gasteiger partial charge in [-0.3, -0.25) is 24.0 Å². The molecule has 55 heavy (non-hydrogen) atoms. The minimum Gasteiger partial charge on any atom is -0.497 e. The molecular formula is C38H46N4O13. The predicted molar refractivity (Wildman–Crippen MR) is 195 cm³/mol. The van der Waals surface area contributed by atoms with Crippen LogP contribution in [0.2, 0.25) is 0 Å². The molecule has 0 aliphatic rings. The maximum absolute atomic E-state index is 13.5. The van der Waals surface area contributed by atoms with Gasteiger partial charge in [-0.2, -0.15) is 5.06 Å². The standard InChI is InChI=1S/C38H46N4O13/c1-5-8-9-10-26(29(6-2)42(22-43)55-38(51)23-11-14-25(52-4)15-12-23)34(46)39-21-40-36(48)31-18-17-30(54-31)24-13-16-27(32(19-24)53-7-3)35(47)41-28(37(49)50)20-33(44)45/h11-19,22,26,28-29H,5-10,20-21H2,1-4H3,(H,39,46)(H,40,48)(H,41,47)(H,44,45)(H,49,50). The van der Waals surface area contributed by atoms with E-state index in [1.165, 1.54) is 49.6 Å². The topological polar surface area (TPSA) is 240 Å². The van der Waals surface area contributed by atoms with E-state index in [-0.39, 0.29) is 48.1 Å². The zero-order valence-electron chi connectivity index (χ0n) is 31.0. The molecule has 0 bridgehead atoms. The third-order valence-corrected chi connectivity index (χ3v) is 8.42. The van der Waals surface area contributed by atoms with Crippen LogP contribution in [0.25, 0.3) is 11.3 Å². The number of methoxy groups -OCH3 is 1.